The van der Waals surface area contributed by atoms with Crippen LogP contribution in [0.1, 0.15) is 17.5 Å². The molecule has 1 aromatic heterocycles. The lowest BCUT2D eigenvalue weighted by atomic mass is 9.72. The van der Waals surface area contributed by atoms with E-state index in [0.29, 0.717) is 11.3 Å². The fourth-order valence-electron chi connectivity index (χ4n) is 6.65. The van der Waals surface area contributed by atoms with Crippen LogP contribution in [0, 0.1) is 0 Å². The van der Waals surface area contributed by atoms with E-state index in [1.54, 1.807) is 30.3 Å². The van der Waals surface area contributed by atoms with E-state index >= 15 is 0 Å². The average Bonchev–Trinajstić information content (AvgIpc) is 3.58. The standard InChI is InChI=1S/C28H24N4O5S2/c1-30-23(33)24(34)31-25-27(16-28(31,38)26(30)35,20-15-29-21-13-7-5-11-18(20)21)19-12-6-8-14-22(19)32(25)39(36,37)17-9-3-2-4-10-17/h2-15,23,25,29,33,38H,16H2,1H3/t23-,25+,27-,28+/m1/s1. The van der Waals surface area contributed by atoms with Crippen molar-refractivity contribution in [1.29, 1.82) is 0 Å². The molecule has 0 saturated carbocycles. The zero-order chi connectivity index (χ0) is 27.3. The van der Waals surface area contributed by atoms with Gasteiger partial charge in [-0.2, -0.15) is 0 Å². The number of carbonyl (C=O) groups excluding carboxylic acids is 2. The third-order valence-electron chi connectivity index (χ3n) is 8.31. The Bertz CT molecular complexity index is 1790. The maximum Gasteiger partial charge on any atom is 0.275 e. The number of sulfonamides is 1. The van der Waals surface area contributed by atoms with Crippen molar-refractivity contribution in [1.82, 2.24) is 14.8 Å². The van der Waals surface area contributed by atoms with Crippen LogP contribution in [0.5, 0.6) is 0 Å². The van der Waals surface area contributed by atoms with Crippen LogP contribution in [0.3, 0.4) is 0 Å². The quantitative estimate of drug-likeness (QED) is 0.334. The molecule has 0 unspecified atom stereocenters. The SMILES string of the molecule is CN1C(=O)[C@@]2(S)C[C@]3(c4c[nH]c5ccccc45)c4ccccc4N(S(=O)(=O)c4ccccc4)[C@@H]3N2C(=O)[C@H]1O. The molecule has 2 amide bonds. The second-order valence-electron chi connectivity index (χ2n) is 10.2. The number of para-hydroxylation sites is 2. The minimum Gasteiger partial charge on any atom is -0.365 e. The van der Waals surface area contributed by atoms with Crippen molar-refractivity contribution in [3.8, 4) is 0 Å². The van der Waals surface area contributed by atoms with Gasteiger partial charge < -0.3 is 15.0 Å². The molecule has 11 heteroatoms. The summed E-state index contributed by atoms with van der Waals surface area (Å²) in [5, 5.41) is 11.6. The molecule has 0 spiro atoms. The molecule has 9 nitrogen and oxygen atoms in total. The molecule has 0 radical (unpaired) electrons. The first-order chi connectivity index (χ1) is 18.6. The van der Waals surface area contributed by atoms with Gasteiger partial charge in [0.1, 0.15) is 6.17 Å². The van der Waals surface area contributed by atoms with Crippen LogP contribution in [0.15, 0.2) is 90.0 Å². The van der Waals surface area contributed by atoms with Crippen LogP contribution in [0.4, 0.5) is 5.69 Å². The Balaban J connectivity index is 1.60. The number of piperazine rings is 1. The highest BCUT2D eigenvalue weighted by molar-refractivity contribution is 7.93. The van der Waals surface area contributed by atoms with Gasteiger partial charge >= 0.3 is 0 Å². The first kappa shape index (κ1) is 24.3. The normalized spacial score (nSPS) is 28.1. The Morgan fingerprint density at radius 2 is 1.62 bits per heavy atom. The molecule has 3 aliphatic rings. The van der Waals surface area contributed by atoms with Crippen molar-refractivity contribution in [2.24, 2.45) is 0 Å². The largest absolute Gasteiger partial charge is 0.365 e. The van der Waals surface area contributed by atoms with Crippen molar-refractivity contribution in [3.05, 3.63) is 96.2 Å². The molecule has 39 heavy (non-hydrogen) atoms. The summed E-state index contributed by atoms with van der Waals surface area (Å²) in [5.41, 5.74) is 1.44. The number of aliphatic hydroxyl groups is 1. The number of aromatic nitrogens is 1. The molecule has 4 heterocycles. The summed E-state index contributed by atoms with van der Waals surface area (Å²) in [4.78, 5) is 31.4. The number of fused-ring (bicyclic) bond motifs is 6. The van der Waals surface area contributed by atoms with Crippen molar-refractivity contribution < 1.29 is 23.1 Å². The van der Waals surface area contributed by atoms with Crippen LogP contribution < -0.4 is 4.31 Å². The molecule has 2 N–H and O–H groups in total. The fourth-order valence-corrected chi connectivity index (χ4v) is 8.95. The fraction of sp³-hybridized carbons (Fsp3) is 0.214. The van der Waals surface area contributed by atoms with Crippen molar-refractivity contribution in [3.63, 3.8) is 0 Å². The molecule has 4 atom stereocenters. The molecule has 3 aliphatic heterocycles. The Morgan fingerprint density at radius 3 is 2.38 bits per heavy atom. The topological polar surface area (TPSA) is 114 Å². The van der Waals surface area contributed by atoms with Crippen LogP contribution in [-0.2, 0) is 25.0 Å². The Kier molecular flexibility index (Phi) is 4.90. The Labute approximate surface area is 230 Å². The molecule has 4 aromatic rings. The number of rotatable bonds is 3. The number of aliphatic hydroxyl groups excluding tert-OH is 1. The Hall–Kier alpha value is -3.80. The zero-order valence-electron chi connectivity index (χ0n) is 20.7. The summed E-state index contributed by atoms with van der Waals surface area (Å²) < 4.78 is 30.1. The summed E-state index contributed by atoms with van der Waals surface area (Å²) >= 11 is 4.83. The van der Waals surface area contributed by atoms with Gasteiger partial charge in [-0.1, -0.05) is 54.6 Å². The maximum atomic E-state index is 14.4. The Morgan fingerprint density at radius 1 is 0.949 bits per heavy atom. The van der Waals surface area contributed by atoms with Gasteiger partial charge in [-0.15, -0.1) is 12.6 Å². The summed E-state index contributed by atoms with van der Waals surface area (Å²) in [6.45, 7) is 0. The van der Waals surface area contributed by atoms with Gasteiger partial charge in [0.25, 0.3) is 21.8 Å². The molecule has 198 valence electrons. The van der Waals surface area contributed by atoms with E-state index in [0.717, 1.165) is 21.4 Å². The highest BCUT2D eigenvalue weighted by Crippen LogP contribution is 2.64. The second kappa shape index (κ2) is 7.87. The van der Waals surface area contributed by atoms with Gasteiger partial charge in [0.2, 0.25) is 6.23 Å². The molecule has 2 saturated heterocycles. The van der Waals surface area contributed by atoms with E-state index in [-0.39, 0.29) is 11.3 Å². The minimum atomic E-state index is -4.25. The summed E-state index contributed by atoms with van der Waals surface area (Å²) in [7, 11) is -2.90. The number of benzene rings is 3. The van der Waals surface area contributed by atoms with E-state index in [1.165, 1.54) is 28.4 Å². The number of carbonyl (C=O) groups is 2. The van der Waals surface area contributed by atoms with Gasteiger partial charge in [0.15, 0.2) is 4.87 Å². The van der Waals surface area contributed by atoms with Crippen LogP contribution >= 0.6 is 12.6 Å². The van der Waals surface area contributed by atoms with E-state index in [1.807, 2.05) is 42.6 Å². The van der Waals surface area contributed by atoms with E-state index in [9.17, 15) is 23.1 Å². The smallest absolute Gasteiger partial charge is 0.275 e. The number of H-pyrrole nitrogens is 1. The first-order valence-electron chi connectivity index (χ1n) is 12.4. The number of aromatic amines is 1. The summed E-state index contributed by atoms with van der Waals surface area (Å²) in [5.74, 6) is -1.37. The predicted molar refractivity (Wildman–Crippen MR) is 147 cm³/mol. The van der Waals surface area contributed by atoms with Crippen molar-refractivity contribution in [2.45, 2.75) is 34.0 Å². The molecule has 0 aliphatic carbocycles. The molecular weight excluding hydrogens is 536 g/mol. The lowest BCUT2D eigenvalue weighted by Gasteiger charge is -2.47. The maximum absolute atomic E-state index is 14.4. The molecule has 2 fully saturated rings. The second-order valence-corrected chi connectivity index (χ2v) is 12.8. The van der Waals surface area contributed by atoms with E-state index < -0.39 is 44.5 Å². The number of nitrogens with zero attached hydrogens (tertiary/aromatic N) is 3. The molecule has 0 bridgehead atoms. The van der Waals surface area contributed by atoms with Crippen molar-refractivity contribution in [2.75, 3.05) is 11.4 Å². The van der Waals surface area contributed by atoms with Gasteiger partial charge in [0, 0.05) is 30.6 Å². The van der Waals surface area contributed by atoms with Crippen LogP contribution in [-0.4, -0.2) is 64.4 Å². The number of anilines is 1. The highest BCUT2D eigenvalue weighted by atomic mass is 32.2. The number of nitrogens with one attached hydrogen (secondary N) is 1. The molecule has 7 rings (SSSR count). The average molecular weight is 561 g/mol. The summed E-state index contributed by atoms with van der Waals surface area (Å²) in [6, 6.07) is 22.7. The zero-order valence-corrected chi connectivity index (χ0v) is 22.4. The van der Waals surface area contributed by atoms with Gasteiger partial charge in [-0.05, 0) is 35.4 Å². The van der Waals surface area contributed by atoms with Gasteiger partial charge in [-0.25, -0.2) is 12.7 Å². The van der Waals surface area contributed by atoms with Gasteiger partial charge in [-0.3, -0.25) is 14.5 Å². The highest BCUT2D eigenvalue weighted by Gasteiger charge is 2.74. The van der Waals surface area contributed by atoms with E-state index in [4.69, 9.17) is 12.6 Å². The summed E-state index contributed by atoms with van der Waals surface area (Å²) in [6.07, 6.45) is -1.18. The third kappa shape index (κ3) is 2.87. The van der Waals surface area contributed by atoms with E-state index in [2.05, 4.69) is 4.98 Å². The minimum absolute atomic E-state index is 0.00488. The predicted octanol–water partition coefficient (Wildman–Crippen LogP) is 2.64. The number of hydrogen-bond acceptors (Lipinski definition) is 6. The lowest BCUT2D eigenvalue weighted by molar-refractivity contribution is -0.175. The third-order valence-corrected chi connectivity index (χ3v) is 10.7. The van der Waals surface area contributed by atoms with Crippen LogP contribution in [0.25, 0.3) is 10.9 Å². The lowest BCUT2D eigenvalue weighted by Crippen LogP contribution is -2.70. The van der Waals surface area contributed by atoms with Crippen LogP contribution in [0.2, 0.25) is 0 Å². The molecular formula is C28H24N4O5S2. The first-order valence-corrected chi connectivity index (χ1v) is 14.3. The number of amides is 2. The number of likely N-dealkylation sites (N-methyl/N-ethyl adjacent to an activating group) is 1. The van der Waals surface area contributed by atoms with Gasteiger partial charge in [0.05, 0.1) is 16.0 Å². The van der Waals surface area contributed by atoms with Crippen molar-refractivity contribution >= 4 is 51.1 Å². The number of thiol groups is 1. The monoisotopic (exact) mass is 560 g/mol. The number of hydrogen-bond donors (Lipinski definition) is 3. The molecule has 3 aromatic carbocycles.